The first-order valence-electron chi connectivity index (χ1n) is 7.73. The summed E-state index contributed by atoms with van der Waals surface area (Å²) in [5.74, 6) is -0.0717. The highest BCUT2D eigenvalue weighted by molar-refractivity contribution is 5.79. The molecule has 2 atom stereocenters. The summed E-state index contributed by atoms with van der Waals surface area (Å²) in [4.78, 5) is 14.7. The summed E-state index contributed by atoms with van der Waals surface area (Å²) in [6.45, 7) is 4.92. The lowest BCUT2D eigenvalue weighted by Crippen LogP contribution is -2.39. The van der Waals surface area contributed by atoms with Crippen molar-refractivity contribution in [2.24, 2.45) is 11.7 Å². The second kappa shape index (κ2) is 7.76. The third kappa shape index (κ3) is 3.95. The molecule has 2 aromatic carbocycles. The van der Waals surface area contributed by atoms with E-state index in [9.17, 15) is 4.79 Å². The van der Waals surface area contributed by atoms with E-state index in [1.54, 1.807) is 0 Å². The molecule has 0 fully saturated rings. The van der Waals surface area contributed by atoms with E-state index in [-0.39, 0.29) is 17.9 Å². The van der Waals surface area contributed by atoms with Crippen molar-refractivity contribution >= 4 is 5.91 Å². The molecular weight excluding hydrogens is 272 g/mol. The van der Waals surface area contributed by atoms with Crippen molar-refractivity contribution in [1.29, 1.82) is 0 Å². The SMILES string of the molecule is CC(CN)C(=O)N(Cc1ccccc1)C(C)c1ccccc1. The quantitative estimate of drug-likeness (QED) is 0.888. The van der Waals surface area contributed by atoms with Gasteiger partial charge >= 0.3 is 0 Å². The summed E-state index contributed by atoms with van der Waals surface area (Å²) < 4.78 is 0. The Bertz CT molecular complexity index is 583. The lowest BCUT2D eigenvalue weighted by molar-refractivity contribution is -0.137. The van der Waals surface area contributed by atoms with Crippen molar-refractivity contribution in [1.82, 2.24) is 4.90 Å². The summed E-state index contributed by atoms with van der Waals surface area (Å²) in [7, 11) is 0. The Morgan fingerprint density at radius 3 is 2.09 bits per heavy atom. The highest BCUT2D eigenvalue weighted by atomic mass is 16.2. The first kappa shape index (κ1) is 16.2. The zero-order valence-corrected chi connectivity index (χ0v) is 13.3. The second-order valence-corrected chi connectivity index (χ2v) is 5.68. The topological polar surface area (TPSA) is 46.3 Å². The van der Waals surface area contributed by atoms with E-state index in [1.807, 2.05) is 60.4 Å². The maximum absolute atomic E-state index is 12.7. The van der Waals surface area contributed by atoms with Crippen LogP contribution in [-0.4, -0.2) is 17.4 Å². The van der Waals surface area contributed by atoms with Crippen molar-refractivity contribution in [2.45, 2.75) is 26.4 Å². The Morgan fingerprint density at radius 2 is 1.55 bits per heavy atom. The highest BCUT2D eigenvalue weighted by Gasteiger charge is 2.25. The zero-order valence-electron chi connectivity index (χ0n) is 13.3. The van der Waals surface area contributed by atoms with Crippen LogP contribution >= 0.6 is 0 Å². The van der Waals surface area contributed by atoms with Crippen LogP contribution in [0.5, 0.6) is 0 Å². The minimum atomic E-state index is -0.171. The molecule has 0 heterocycles. The van der Waals surface area contributed by atoms with Crippen LogP contribution in [0.3, 0.4) is 0 Å². The van der Waals surface area contributed by atoms with Gasteiger partial charge in [0, 0.05) is 19.0 Å². The molecule has 0 spiro atoms. The molecule has 0 aliphatic carbocycles. The van der Waals surface area contributed by atoms with Crippen molar-refractivity contribution in [3.05, 3.63) is 71.8 Å². The average Bonchev–Trinajstić information content (AvgIpc) is 2.59. The lowest BCUT2D eigenvalue weighted by atomic mass is 10.0. The van der Waals surface area contributed by atoms with Crippen molar-refractivity contribution in [3.63, 3.8) is 0 Å². The van der Waals surface area contributed by atoms with Crippen LogP contribution in [0.2, 0.25) is 0 Å². The molecule has 0 aliphatic heterocycles. The summed E-state index contributed by atoms with van der Waals surface area (Å²) in [6.07, 6.45) is 0. The number of carbonyl (C=O) groups is 1. The number of rotatable bonds is 6. The Kier molecular flexibility index (Phi) is 5.73. The van der Waals surface area contributed by atoms with Crippen LogP contribution in [-0.2, 0) is 11.3 Å². The number of benzene rings is 2. The number of hydrogen-bond acceptors (Lipinski definition) is 2. The Morgan fingerprint density at radius 1 is 1.00 bits per heavy atom. The number of nitrogens with two attached hydrogens (primary N) is 1. The fraction of sp³-hybridized carbons (Fsp3) is 0.316. The zero-order chi connectivity index (χ0) is 15.9. The fourth-order valence-corrected chi connectivity index (χ4v) is 2.48. The van der Waals surface area contributed by atoms with E-state index in [1.165, 1.54) is 0 Å². The van der Waals surface area contributed by atoms with Gasteiger partial charge in [-0.05, 0) is 18.1 Å². The van der Waals surface area contributed by atoms with Gasteiger partial charge in [0.05, 0.1) is 6.04 Å². The summed E-state index contributed by atoms with van der Waals surface area (Å²) in [5, 5.41) is 0. The molecule has 2 unspecified atom stereocenters. The molecule has 2 aromatic rings. The van der Waals surface area contributed by atoms with Crippen LogP contribution in [0.15, 0.2) is 60.7 Å². The molecule has 3 heteroatoms. The molecule has 3 nitrogen and oxygen atoms in total. The van der Waals surface area contributed by atoms with Gasteiger partial charge in [-0.2, -0.15) is 0 Å². The molecule has 0 aromatic heterocycles. The molecule has 22 heavy (non-hydrogen) atoms. The molecule has 1 amide bonds. The third-order valence-corrected chi connectivity index (χ3v) is 4.00. The van der Waals surface area contributed by atoms with E-state index >= 15 is 0 Å². The fourth-order valence-electron chi connectivity index (χ4n) is 2.48. The predicted molar refractivity (Wildman–Crippen MR) is 90.1 cm³/mol. The van der Waals surface area contributed by atoms with Crippen LogP contribution in [0, 0.1) is 5.92 Å². The Labute approximate surface area is 132 Å². The van der Waals surface area contributed by atoms with Gasteiger partial charge in [-0.1, -0.05) is 67.6 Å². The highest BCUT2D eigenvalue weighted by Crippen LogP contribution is 2.24. The predicted octanol–water partition coefficient (Wildman–Crippen LogP) is 3.37. The first-order chi connectivity index (χ1) is 10.6. The van der Waals surface area contributed by atoms with Gasteiger partial charge in [-0.25, -0.2) is 0 Å². The van der Waals surface area contributed by atoms with Crippen molar-refractivity contribution < 1.29 is 4.79 Å². The number of nitrogens with zero attached hydrogens (tertiary/aromatic N) is 1. The van der Waals surface area contributed by atoms with Gasteiger partial charge in [0.2, 0.25) is 5.91 Å². The molecule has 2 N–H and O–H groups in total. The van der Waals surface area contributed by atoms with Crippen LogP contribution < -0.4 is 5.73 Å². The lowest BCUT2D eigenvalue weighted by Gasteiger charge is -2.32. The largest absolute Gasteiger partial charge is 0.331 e. The summed E-state index contributed by atoms with van der Waals surface area (Å²) >= 11 is 0. The smallest absolute Gasteiger partial charge is 0.227 e. The van der Waals surface area contributed by atoms with Gasteiger partial charge in [-0.3, -0.25) is 4.79 Å². The summed E-state index contributed by atoms with van der Waals surface area (Å²) in [5.41, 5.74) is 7.96. The number of carbonyl (C=O) groups excluding carboxylic acids is 1. The van der Waals surface area contributed by atoms with Crippen molar-refractivity contribution in [2.75, 3.05) is 6.54 Å². The second-order valence-electron chi connectivity index (χ2n) is 5.68. The van der Waals surface area contributed by atoms with E-state index in [0.717, 1.165) is 11.1 Å². The Balaban J connectivity index is 2.27. The van der Waals surface area contributed by atoms with Crippen molar-refractivity contribution in [3.8, 4) is 0 Å². The van der Waals surface area contributed by atoms with Gasteiger partial charge in [0.15, 0.2) is 0 Å². The molecule has 0 saturated carbocycles. The van der Waals surface area contributed by atoms with Crippen LogP contribution in [0.4, 0.5) is 0 Å². The Hall–Kier alpha value is -2.13. The minimum absolute atomic E-state index is 0.0166. The monoisotopic (exact) mass is 296 g/mol. The maximum atomic E-state index is 12.7. The molecule has 0 saturated heterocycles. The van der Waals surface area contributed by atoms with E-state index in [4.69, 9.17) is 5.73 Å². The number of hydrogen-bond donors (Lipinski definition) is 1. The molecule has 0 bridgehead atoms. The van der Waals surface area contributed by atoms with Crippen LogP contribution in [0.25, 0.3) is 0 Å². The number of amides is 1. The standard InChI is InChI=1S/C19H24N2O/c1-15(13-20)19(22)21(14-17-9-5-3-6-10-17)16(2)18-11-7-4-8-12-18/h3-12,15-16H,13-14,20H2,1-2H3. The normalized spacial score (nSPS) is 13.4. The van der Waals surface area contributed by atoms with Gasteiger partial charge in [0.25, 0.3) is 0 Å². The van der Waals surface area contributed by atoms with E-state index in [2.05, 4.69) is 19.1 Å². The maximum Gasteiger partial charge on any atom is 0.227 e. The minimum Gasteiger partial charge on any atom is -0.331 e. The van der Waals surface area contributed by atoms with Gasteiger partial charge < -0.3 is 10.6 Å². The first-order valence-corrected chi connectivity index (χ1v) is 7.73. The van der Waals surface area contributed by atoms with E-state index in [0.29, 0.717) is 13.1 Å². The average molecular weight is 296 g/mol. The molecular formula is C19H24N2O. The van der Waals surface area contributed by atoms with Gasteiger partial charge in [-0.15, -0.1) is 0 Å². The molecule has 0 radical (unpaired) electrons. The molecule has 0 aliphatic rings. The third-order valence-electron chi connectivity index (χ3n) is 4.00. The molecule has 116 valence electrons. The molecule has 2 rings (SSSR count). The summed E-state index contributed by atoms with van der Waals surface area (Å²) in [6, 6.07) is 20.2. The van der Waals surface area contributed by atoms with Gasteiger partial charge in [0.1, 0.15) is 0 Å². The van der Waals surface area contributed by atoms with Crippen LogP contribution in [0.1, 0.15) is 31.0 Å². The van der Waals surface area contributed by atoms with E-state index < -0.39 is 0 Å².